The summed E-state index contributed by atoms with van der Waals surface area (Å²) in [6.07, 6.45) is 0.780. The van der Waals surface area contributed by atoms with E-state index in [2.05, 4.69) is 17.2 Å². The van der Waals surface area contributed by atoms with Crippen molar-refractivity contribution in [1.82, 2.24) is 5.32 Å². The Hall–Kier alpha value is -1.73. The molecule has 0 bridgehead atoms. The molecular weight excluding hydrogens is 206 g/mol. The number of hydrogen-bond acceptors (Lipinski definition) is 3. The zero-order chi connectivity index (χ0) is 12.0. The molecule has 0 aromatic carbocycles. The minimum Gasteiger partial charge on any atom is -0.475 e. The minimum atomic E-state index is -1.03. The monoisotopic (exact) mass is 221 g/mol. The van der Waals surface area contributed by atoms with Gasteiger partial charge in [-0.3, -0.25) is 0 Å². The number of nitrogens with one attached hydrogen (secondary N) is 1. The smallest absolute Gasteiger partial charge is 0.372 e. The molecule has 0 fully saturated rings. The molecule has 0 aliphatic rings. The molecule has 0 radical (unpaired) electrons. The molecule has 0 aliphatic carbocycles. The topological polar surface area (TPSA) is 62.5 Å². The van der Waals surface area contributed by atoms with E-state index in [1.54, 1.807) is 19.9 Å². The van der Waals surface area contributed by atoms with E-state index < -0.39 is 5.97 Å². The number of furan rings is 1. The molecule has 0 saturated carbocycles. The summed E-state index contributed by atoms with van der Waals surface area (Å²) in [4.78, 5) is 10.7. The van der Waals surface area contributed by atoms with Gasteiger partial charge in [-0.15, -0.1) is 11.8 Å². The molecule has 0 atom stereocenters. The highest BCUT2D eigenvalue weighted by Gasteiger charge is 2.13. The zero-order valence-electron chi connectivity index (χ0n) is 9.46. The average Bonchev–Trinajstić information content (AvgIpc) is 2.59. The molecule has 1 heterocycles. The molecular formula is C12H15NO3. The van der Waals surface area contributed by atoms with Crippen molar-refractivity contribution in [2.75, 3.05) is 6.54 Å². The highest BCUT2D eigenvalue weighted by atomic mass is 16.4. The van der Waals surface area contributed by atoms with Crippen LogP contribution < -0.4 is 5.32 Å². The quantitative estimate of drug-likeness (QED) is 0.587. The van der Waals surface area contributed by atoms with Crippen LogP contribution in [0, 0.1) is 18.8 Å². The van der Waals surface area contributed by atoms with Crippen LogP contribution in [0.3, 0.4) is 0 Å². The van der Waals surface area contributed by atoms with Gasteiger partial charge in [0.25, 0.3) is 0 Å². The Morgan fingerprint density at radius 2 is 2.38 bits per heavy atom. The van der Waals surface area contributed by atoms with Gasteiger partial charge in [0.1, 0.15) is 5.76 Å². The Labute approximate surface area is 94.7 Å². The summed E-state index contributed by atoms with van der Waals surface area (Å²) in [7, 11) is 0. The van der Waals surface area contributed by atoms with E-state index in [4.69, 9.17) is 9.52 Å². The molecule has 0 spiro atoms. The Balaban J connectivity index is 2.45. The van der Waals surface area contributed by atoms with Crippen LogP contribution in [0.4, 0.5) is 0 Å². The Bertz CT molecular complexity index is 423. The Morgan fingerprint density at radius 3 is 2.94 bits per heavy atom. The van der Waals surface area contributed by atoms with Crippen molar-refractivity contribution in [2.24, 2.45) is 0 Å². The van der Waals surface area contributed by atoms with Crippen molar-refractivity contribution in [3.8, 4) is 11.8 Å². The van der Waals surface area contributed by atoms with E-state index in [9.17, 15) is 4.79 Å². The molecule has 2 N–H and O–H groups in total. The summed E-state index contributed by atoms with van der Waals surface area (Å²) in [5.41, 5.74) is 0.651. The lowest BCUT2D eigenvalue weighted by atomic mass is 10.2. The Morgan fingerprint density at radius 1 is 1.62 bits per heavy atom. The zero-order valence-corrected chi connectivity index (χ0v) is 9.46. The predicted molar refractivity (Wildman–Crippen MR) is 60.2 cm³/mol. The van der Waals surface area contributed by atoms with Crippen LogP contribution in [0.2, 0.25) is 0 Å². The third-order valence-electron chi connectivity index (χ3n) is 2.07. The molecule has 0 amide bonds. The van der Waals surface area contributed by atoms with Crippen LogP contribution in [-0.4, -0.2) is 17.6 Å². The SMILES string of the molecule is CC#CCCNCc1cc(C)c(C(=O)O)o1. The van der Waals surface area contributed by atoms with Crippen molar-refractivity contribution >= 4 is 5.97 Å². The first-order valence-electron chi connectivity index (χ1n) is 5.08. The van der Waals surface area contributed by atoms with Crippen molar-refractivity contribution in [3.63, 3.8) is 0 Å². The van der Waals surface area contributed by atoms with Gasteiger partial charge in [0, 0.05) is 18.5 Å². The molecule has 0 unspecified atom stereocenters. The van der Waals surface area contributed by atoms with Crippen LogP contribution >= 0.6 is 0 Å². The van der Waals surface area contributed by atoms with Crippen molar-refractivity contribution in [1.29, 1.82) is 0 Å². The lowest BCUT2D eigenvalue weighted by Crippen LogP contribution is -2.13. The van der Waals surface area contributed by atoms with Crippen molar-refractivity contribution < 1.29 is 14.3 Å². The number of aryl methyl sites for hydroxylation is 1. The molecule has 16 heavy (non-hydrogen) atoms. The lowest BCUT2D eigenvalue weighted by Gasteiger charge is -1.97. The number of carbonyl (C=O) groups is 1. The van der Waals surface area contributed by atoms with E-state index in [1.165, 1.54) is 0 Å². The van der Waals surface area contributed by atoms with Crippen LogP contribution in [0.1, 0.15) is 35.2 Å². The largest absolute Gasteiger partial charge is 0.475 e. The summed E-state index contributed by atoms with van der Waals surface area (Å²) in [6, 6.07) is 1.74. The van der Waals surface area contributed by atoms with Gasteiger partial charge in [0.05, 0.1) is 6.54 Å². The fourth-order valence-electron chi connectivity index (χ4n) is 1.33. The molecule has 0 saturated heterocycles. The highest BCUT2D eigenvalue weighted by Crippen LogP contribution is 2.14. The van der Waals surface area contributed by atoms with E-state index in [0.29, 0.717) is 17.9 Å². The number of hydrogen-bond donors (Lipinski definition) is 2. The Kier molecular flexibility index (Phi) is 4.62. The van der Waals surface area contributed by atoms with Crippen LogP contribution in [0.25, 0.3) is 0 Å². The predicted octanol–water partition coefficient (Wildman–Crippen LogP) is 1.79. The van der Waals surface area contributed by atoms with Crippen LogP contribution in [0.15, 0.2) is 10.5 Å². The van der Waals surface area contributed by atoms with Gasteiger partial charge in [0.15, 0.2) is 0 Å². The van der Waals surface area contributed by atoms with Gasteiger partial charge >= 0.3 is 5.97 Å². The van der Waals surface area contributed by atoms with Crippen LogP contribution in [0.5, 0.6) is 0 Å². The van der Waals surface area contributed by atoms with Gasteiger partial charge in [-0.2, -0.15) is 0 Å². The van der Waals surface area contributed by atoms with E-state index >= 15 is 0 Å². The van der Waals surface area contributed by atoms with Crippen molar-refractivity contribution in [3.05, 3.63) is 23.2 Å². The standard InChI is InChI=1S/C12H15NO3/c1-3-4-5-6-13-8-10-7-9(2)11(16-10)12(14)15/h7,13H,5-6,8H2,1-2H3,(H,14,15). The maximum atomic E-state index is 10.7. The van der Waals surface area contributed by atoms with E-state index in [0.717, 1.165) is 13.0 Å². The first-order chi connectivity index (χ1) is 7.65. The summed E-state index contributed by atoms with van der Waals surface area (Å²) in [5, 5.41) is 11.9. The van der Waals surface area contributed by atoms with Crippen molar-refractivity contribution in [2.45, 2.75) is 26.8 Å². The third kappa shape index (κ3) is 3.44. The second kappa shape index (κ2) is 5.99. The summed E-state index contributed by atoms with van der Waals surface area (Å²) < 4.78 is 5.18. The molecule has 4 nitrogen and oxygen atoms in total. The first-order valence-corrected chi connectivity index (χ1v) is 5.08. The number of aromatic carboxylic acids is 1. The molecule has 4 heteroatoms. The molecule has 86 valence electrons. The van der Waals surface area contributed by atoms with E-state index in [-0.39, 0.29) is 5.76 Å². The fourth-order valence-corrected chi connectivity index (χ4v) is 1.33. The maximum absolute atomic E-state index is 10.7. The summed E-state index contributed by atoms with van der Waals surface area (Å²) in [5.74, 6) is 5.37. The van der Waals surface area contributed by atoms with Gasteiger partial charge < -0.3 is 14.8 Å². The second-order valence-electron chi connectivity index (χ2n) is 3.38. The summed E-state index contributed by atoms with van der Waals surface area (Å²) in [6.45, 7) is 4.82. The van der Waals surface area contributed by atoms with Crippen LogP contribution in [-0.2, 0) is 6.54 Å². The fraction of sp³-hybridized carbons (Fsp3) is 0.417. The minimum absolute atomic E-state index is 0.0187. The van der Waals surface area contributed by atoms with Gasteiger partial charge in [-0.1, -0.05) is 0 Å². The molecule has 0 aliphatic heterocycles. The summed E-state index contributed by atoms with van der Waals surface area (Å²) >= 11 is 0. The normalized spacial score (nSPS) is 9.62. The molecule has 1 aromatic rings. The average molecular weight is 221 g/mol. The van der Waals surface area contributed by atoms with Gasteiger partial charge in [0.2, 0.25) is 5.76 Å². The van der Waals surface area contributed by atoms with Gasteiger partial charge in [-0.25, -0.2) is 4.79 Å². The molecule has 1 aromatic heterocycles. The van der Waals surface area contributed by atoms with Gasteiger partial charge in [-0.05, 0) is 19.9 Å². The van der Waals surface area contributed by atoms with E-state index in [1.807, 2.05) is 0 Å². The number of rotatable bonds is 5. The second-order valence-corrected chi connectivity index (χ2v) is 3.38. The third-order valence-corrected chi connectivity index (χ3v) is 2.07. The highest BCUT2D eigenvalue weighted by molar-refractivity contribution is 5.86. The lowest BCUT2D eigenvalue weighted by molar-refractivity contribution is 0.0659. The number of carboxylic acids is 1. The molecule has 1 rings (SSSR count). The maximum Gasteiger partial charge on any atom is 0.372 e. The number of carboxylic acid groups (broad SMARTS) is 1. The first kappa shape index (κ1) is 12.3.